The number of hydrogen-bond donors (Lipinski definition) is 0. The zero-order chi connectivity index (χ0) is 19.9. The summed E-state index contributed by atoms with van der Waals surface area (Å²) in [5.41, 5.74) is 3.64. The Hall–Kier alpha value is -2.44. The van der Waals surface area contributed by atoms with Crippen LogP contribution in [0.2, 0.25) is 0 Å². The quantitative estimate of drug-likeness (QED) is 0.680. The van der Waals surface area contributed by atoms with Crippen LogP contribution in [0.25, 0.3) is 10.9 Å². The van der Waals surface area contributed by atoms with Gasteiger partial charge >= 0.3 is 0 Å². The van der Waals surface area contributed by atoms with E-state index in [4.69, 9.17) is 0 Å². The molecular weight excluding hydrogens is 370 g/mol. The highest BCUT2D eigenvalue weighted by molar-refractivity contribution is 7.91. The van der Waals surface area contributed by atoms with Crippen molar-refractivity contribution >= 4 is 26.4 Å². The van der Waals surface area contributed by atoms with E-state index in [-0.39, 0.29) is 0 Å². The summed E-state index contributed by atoms with van der Waals surface area (Å²) < 4.78 is 27.2. The van der Waals surface area contributed by atoms with E-state index in [0.29, 0.717) is 9.79 Å². The second-order valence-corrected chi connectivity index (χ2v) is 9.45. The summed E-state index contributed by atoms with van der Waals surface area (Å²) >= 11 is 0. The van der Waals surface area contributed by atoms with Crippen molar-refractivity contribution in [3.05, 3.63) is 59.8 Å². The van der Waals surface area contributed by atoms with Crippen LogP contribution in [-0.4, -0.2) is 51.5 Å². The van der Waals surface area contributed by atoms with E-state index in [1.165, 1.54) is 6.20 Å². The van der Waals surface area contributed by atoms with Gasteiger partial charge in [0.25, 0.3) is 0 Å². The van der Waals surface area contributed by atoms with Gasteiger partial charge in [0.2, 0.25) is 9.84 Å². The lowest BCUT2D eigenvalue weighted by Gasteiger charge is -2.35. The lowest BCUT2D eigenvalue weighted by molar-refractivity contribution is 0.312. The largest absolute Gasteiger partial charge is 0.367 e. The van der Waals surface area contributed by atoms with Crippen molar-refractivity contribution in [3.63, 3.8) is 0 Å². The molecule has 2 heterocycles. The van der Waals surface area contributed by atoms with Gasteiger partial charge in [0.1, 0.15) is 4.90 Å². The number of anilines is 1. The van der Waals surface area contributed by atoms with Gasteiger partial charge in [0.05, 0.1) is 16.1 Å². The van der Waals surface area contributed by atoms with Crippen molar-refractivity contribution in [2.75, 3.05) is 38.1 Å². The molecule has 1 aliphatic heterocycles. The maximum Gasteiger partial charge on any atom is 0.210 e. The molecule has 2 aromatic carbocycles. The summed E-state index contributed by atoms with van der Waals surface area (Å²) in [6.07, 6.45) is 1.53. The number of piperazine rings is 1. The number of aryl methyl sites for hydroxylation is 2. The molecule has 0 aliphatic carbocycles. The van der Waals surface area contributed by atoms with Crippen LogP contribution in [0, 0.1) is 13.8 Å². The smallest absolute Gasteiger partial charge is 0.210 e. The second-order valence-electron chi connectivity index (χ2n) is 7.53. The molecule has 0 bridgehead atoms. The zero-order valence-electron chi connectivity index (χ0n) is 16.5. The van der Waals surface area contributed by atoms with E-state index in [9.17, 15) is 8.42 Å². The zero-order valence-corrected chi connectivity index (χ0v) is 17.3. The SMILES string of the molecule is Cc1ccc(S(=O)(=O)c2cnc3ccccc3c2N2CCN(C)CC2)cc1C. The highest BCUT2D eigenvalue weighted by Gasteiger charge is 2.28. The Morgan fingerprint density at radius 3 is 2.36 bits per heavy atom. The predicted octanol–water partition coefficient (Wildman–Crippen LogP) is 3.44. The first kappa shape index (κ1) is 18.9. The van der Waals surface area contributed by atoms with Crippen molar-refractivity contribution < 1.29 is 8.42 Å². The van der Waals surface area contributed by atoms with Gasteiger partial charge in [-0.15, -0.1) is 0 Å². The van der Waals surface area contributed by atoms with Crippen LogP contribution >= 0.6 is 0 Å². The number of sulfone groups is 1. The van der Waals surface area contributed by atoms with Crippen LogP contribution in [-0.2, 0) is 9.84 Å². The number of para-hydroxylation sites is 1. The van der Waals surface area contributed by atoms with E-state index >= 15 is 0 Å². The number of nitrogens with zero attached hydrogens (tertiary/aromatic N) is 3. The summed E-state index contributed by atoms with van der Waals surface area (Å²) in [5.74, 6) is 0. The number of pyridine rings is 1. The fraction of sp³-hybridized carbons (Fsp3) is 0.318. The van der Waals surface area contributed by atoms with E-state index in [1.807, 2.05) is 44.2 Å². The molecule has 0 amide bonds. The Labute approximate surface area is 166 Å². The van der Waals surface area contributed by atoms with Gasteiger partial charge in [-0.25, -0.2) is 8.42 Å². The Bertz CT molecular complexity index is 1130. The van der Waals surface area contributed by atoms with E-state index in [0.717, 1.165) is 53.9 Å². The van der Waals surface area contributed by atoms with Crippen molar-refractivity contribution in [2.24, 2.45) is 0 Å². The molecule has 0 unspecified atom stereocenters. The first-order valence-corrected chi connectivity index (χ1v) is 11.0. The third-order valence-corrected chi connectivity index (χ3v) is 7.36. The van der Waals surface area contributed by atoms with Crippen molar-refractivity contribution in [3.8, 4) is 0 Å². The Balaban J connectivity index is 1.93. The molecule has 1 aromatic heterocycles. The molecule has 0 N–H and O–H groups in total. The minimum Gasteiger partial charge on any atom is -0.367 e. The molecule has 5 nitrogen and oxygen atoms in total. The first-order chi connectivity index (χ1) is 13.4. The number of fused-ring (bicyclic) bond motifs is 1. The van der Waals surface area contributed by atoms with Crippen LogP contribution in [0.5, 0.6) is 0 Å². The van der Waals surface area contributed by atoms with Gasteiger partial charge in [0, 0.05) is 37.8 Å². The fourth-order valence-corrected chi connectivity index (χ4v) is 5.19. The Morgan fingerprint density at radius 1 is 0.929 bits per heavy atom. The average Bonchev–Trinajstić information content (AvgIpc) is 2.69. The fourth-order valence-electron chi connectivity index (χ4n) is 3.67. The molecule has 1 aliphatic rings. The van der Waals surface area contributed by atoms with Gasteiger partial charge in [0.15, 0.2) is 0 Å². The molecule has 0 saturated carbocycles. The summed E-state index contributed by atoms with van der Waals surface area (Å²) in [6, 6.07) is 13.1. The van der Waals surface area contributed by atoms with E-state index < -0.39 is 9.84 Å². The van der Waals surface area contributed by atoms with Gasteiger partial charge in [-0.2, -0.15) is 0 Å². The molecule has 0 atom stereocenters. The van der Waals surface area contributed by atoms with Crippen LogP contribution in [0.1, 0.15) is 11.1 Å². The summed E-state index contributed by atoms with van der Waals surface area (Å²) in [5, 5.41) is 0.886. The standard InChI is InChI=1S/C22H25N3O2S/c1-16-8-9-18(14-17(16)2)28(26,27)21-15-23-20-7-5-4-6-19(20)22(21)25-12-10-24(3)11-13-25/h4-9,14-15H,10-13H2,1-3H3. The van der Waals surface area contributed by atoms with Gasteiger partial charge in [-0.3, -0.25) is 4.98 Å². The summed E-state index contributed by atoms with van der Waals surface area (Å²) in [6.45, 7) is 7.31. The molecule has 1 fully saturated rings. The lowest BCUT2D eigenvalue weighted by atomic mass is 10.1. The lowest BCUT2D eigenvalue weighted by Crippen LogP contribution is -2.45. The molecule has 0 spiro atoms. The third kappa shape index (κ3) is 3.27. The molecule has 146 valence electrons. The molecular formula is C22H25N3O2S. The second kappa shape index (κ2) is 7.18. The maximum absolute atomic E-state index is 13.6. The van der Waals surface area contributed by atoms with Crippen molar-refractivity contribution in [2.45, 2.75) is 23.6 Å². The number of benzene rings is 2. The predicted molar refractivity (Wildman–Crippen MR) is 113 cm³/mol. The van der Waals surface area contributed by atoms with Crippen LogP contribution in [0.4, 0.5) is 5.69 Å². The van der Waals surface area contributed by atoms with Gasteiger partial charge in [-0.05, 0) is 50.2 Å². The van der Waals surface area contributed by atoms with Gasteiger partial charge < -0.3 is 9.80 Å². The molecule has 3 aromatic rings. The van der Waals surface area contributed by atoms with Crippen molar-refractivity contribution in [1.29, 1.82) is 0 Å². The summed E-state index contributed by atoms with van der Waals surface area (Å²) in [4.78, 5) is 9.53. The number of likely N-dealkylation sites (N-methyl/N-ethyl adjacent to an activating group) is 1. The molecule has 28 heavy (non-hydrogen) atoms. The maximum atomic E-state index is 13.6. The molecule has 1 saturated heterocycles. The highest BCUT2D eigenvalue weighted by atomic mass is 32.2. The van der Waals surface area contributed by atoms with Gasteiger partial charge in [-0.1, -0.05) is 24.3 Å². The minimum atomic E-state index is -3.68. The van der Waals surface area contributed by atoms with Crippen LogP contribution in [0.15, 0.2) is 58.5 Å². The number of hydrogen-bond acceptors (Lipinski definition) is 5. The topological polar surface area (TPSA) is 53.5 Å². The van der Waals surface area contributed by atoms with Crippen LogP contribution < -0.4 is 4.90 Å². The first-order valence-electron chi connectivity index (χ1n) is 9.51. The minimum absolute atomic E-state index is 0.291. The summed E-state index contributed by atoms with van der Waals surface area (Å²) in [7, 11) is -1.59. The molecule has 0 radical (unpaired) electrons. The van der Waals surface area contributed by atoms with E-state index in [1.54, 1.807) is 12.1 Å². The Morgan fingerprint density at radius 2 is 1.64 bits per heavy atom. The number of aromatic nitrogens is 1. The normalized spacial score (nSPS) is 15.9. The third-order valence-electron chi connectivity index (χ3n) is 5.61. The van der Waals surface area contributed by atoms with Crippen molar-refractivity contribution in [1.82, 2.24) is 9.88 Å². The van der Waals surface area contributed by atoms with Crippen LogP contribution in [0.3, 0.4) is 0 Å². The monoisotopic (exact) mass is 395 g/mol. The number of rotatable bonds is 3. The Kier molecular flexibility index (Phi) is 4.85. The average molecular weight is 396 g/mol. The molecule has 4 rings (SSSR count). The highest BCUT2D eigenvalue weighted by Crippen LogP contribution is 2.36. The van der Waals surface area contributed by atoms with E-state index in [2.05, 4.69) is 21.8 Å². The molecule has 6 heteroatoms.